The van der Waals surface area contributed by atoms with Crippen molar-refractivity contribution in [2.24, 2.45) is 14.1 Å². The SMILES string of the molecule is CCOC(=O)/C=C(\c1ccc(OCc2cccc(-c3ccc(C(F)(F)F)cc3)c2)cc1)c1nncn1C.CCOC(=O)CC(c1ccc(O)cc1)c1nncn1C. The van der Waals surface area contributed by atoms with Crippen molar-refractivity contribution in [1.82, 2.24) is 29.5 Å². The molecule has 6 aromatic rings. The molecule has 1 atom stereocenters. The van der Waals surface area contributed by atoms with Crippen LogP contribution in [0.5, 0.6) is 11.5 Å². The van der Waals surface area contributed by atoms with Crippen molar-refractivity contribution in [2.45, 2.75) is 39.0 Å². The van der Waals surface area contributed by atoms with E-state index < -0.39 is 17.7 Å². The van der Waals surface area contributed by atoms with E-state index >= 15 is 0 Å². The Morgan fingerprint density at radius 3 is 2.07 bits per heavy atom. The number of alkyl halides is 3. The van der Waals surface area contributed by atoms with E-state index in [2.05, 4.69) is 20.4 Å². The third-order valence-electron chi connectivity index (χ3n) is 8.57. The zero-order valence-corrected chi connectivity index (χ0v) is 31.7. The topological polar surface area (TPSA) is 143 Å². The van der Waals surface area contributed by atoms with Gasteiger partial charge < -0.3 is 28.5 Å². The number of aryl methyl sites for hydroxylation is 2. The van der Waals surface area contributed by atoms with E-state index in [-0.39, 0.29) is 37.3 Å². The summed E-state index contributed by atoms with van der Waals surface area (Å²) in [5.41, 5.74) is 3.84. The average molecular weight is 783 g/mol. The predicted molar refractivity (Wildman–Crippen MR) is 205 cm³/mol. The Bertz CT molecular complexity index is 2270. The molecule has 0 saturated carbocycles. The molecule has 0 aliphatic rings. The van der Waals surface area contributed by atoms with E-state index in [1.165, 1.54) is 18.2 Å². The fourth-order valence-electron chi connectivity index (χ4n) is 5.75. The lowest BCUT2D eigenvalue weighted by Gasteiger charge is -2.15. The number of rotatable bonds is 13. The molecule has 0 aliphatic heterocycles. The molecule has 57 heavy (non-hydrogen) atoms. The van der Waals surface area contributed by atoms with E-state index in [4.69, 9.17) is 14.2 Å². The van der Waals surface area contributed by atoms with E-state index in [0.717, 1.165) is 34.4 Å². The highest BCUT2D eigenvalue weighted by Gasteiger charge is 2.30. The van der Waals surface area contributed by atoms with E-state index in [1.807, 2.05) is 43.4 Å². The summed E-state index contributed by atoms with van der Waals surface area (Å²) in [7, 11) is 3.61. The third-order valence-corrected chi connectivity index (χ3v) is 8.57. The Kier molecular flexibility index (Phi) is 13.9. The van der Waals surface area contributed by atoms with Gasteiger partial charge in [0, 0.05) is 25.7 Å². The van der Waals surface area contributed by atoms with Gasteiger partial charge in [0.25, 0.3) is 0 Å². The molecule has 4 aromatic carbocycles. The second kappa shape index (κ2) is 19.2. The van der Waals surface area contributed by atoms with Crippen molar-refractivity contribution in [1.29, 1.82) is 0 Å². The first-order valence-corrected chi connectivity index (χ1v) is 17.9. The van der Waals surface area contributed by atoms with Gasteiger partial charge in [0.15, 0.2) is 5.82 Å². The normalized spacial score (nSPS) is 11.9. The summed E-state index contributed by atoms with van der Waals surface area (Å²) < 4.78 is 58.0. The molecule has 0 amide bonds. The molecule has 0 bridgehead atoms. The van der Waals surface area contributed by atoms with Crippen molar-refractivity contribution in [3.8, 4) is 22.6 Å². The predicted octanol–water partition coefficient (Wildman–Crippen LogP) is 7.68. The van der Waals surface area contributed by atoms with Gasteiger partial charge in [-0.15, -0.1) is 20.4 Å². The maximum Gasteiger partial charge on any atom is 0.416 e. The number of ether oxygens (including phenoxy) is 3. The van der Waals surface area contributed by atoms with Gasteiger partial charge in [-0.05, 0) is 84.1 Å². The second-order valence-corrected chi connectivity index (χ2v) is 12.6. The summed E-state index contributed by atoms with van der Waals surface area (Å²) in [6.45, 7) is 4.38. The standard InChI is InChI=1S/C28H24F3N3O3.C14H17N3O3/c1-3-36-26(35)16-25(27-33-32-18-34(27)2)21-9-13-24(14-10-21)37-17-19-5-4-6-22(15-19)20-7-11-23(12-8-20)28(29,30)31;1-3-20-13(19)8-12(14-16-15-9-17(14)2)10-4-6-11(18)7-5-10/h4-16,18H,3,17H2,1-2H3;4-7,9,12,18H,3,8H2,1-2H3/b25-16+;. The minimum atomic E-state index is -4.37. The van der Waals surface area contributed by atoms with Crippen LogP contribution in [0, 0.1) is 0 Å². The molecular formula is C42H41F3N6O6. The van der Waals surface area contributed by atoms with Crippen LogP contribution in [0.15, 0.2) is 116 Å². The van der Waals surface area contributed by atoms with Crippen molar-refractivity contribution in [3.63, 3.8) is 0 Å². The Hall–Kier alpha value is -6.77. The minimum Gasteiger partial charge on any atom is -0.508 e. The van der Waals surface area contributed by atoms with Crippen LogP contribution in [-0.2, 0) is 45.9 Å². The van der Waals surface area contributed by atoms with Gasteiger partial charge in [-0.3, -0.25) is 4.79 Å². The van der Waals surface area contributed by atoms with Gasteiger partial charge in [-0.2, -0.15) is 13.2 Å². The first-order valence-electron chi connectivity index (χ1n) is 17.9. The molecule has 0 saturated heterocycles. The van der Waals surface area contributed by atoms with E-state index in [9.17, 15) is 27.9 Å². The fraction of sp³-hybridized carbons (Fsp3) is 0.238. The molecule has 0 radical (unpaired) electrons. The summed E-state index contributed by atoms with van der Waals surface area (Å²) in [5, 5.41) is 25.3. The Morgan fingerprint density at radius 2 is 1.47 bits per heavy atom. The summed E-state index contributed by atoms with van der Waals surface area (Å²) in [5.74, 6) is 0.980. The molecule has 12 nitrogen and oxygen atoms in total. The van der Waals surface area contributed by atoms with Crippen LogP contribution in [0.2, 0.25) is 0 Å². The van der Waals surface area contributed by atoms with Gasteiger partial charge in [-0.25, -0.2) is 4.79 Å². The number of phenolic OH excluding ortho intramolecular Hbond substituents is 1. The molecule has 2 aromatic heterocycles. The lowest BCUT2D eigenvalue weighted by molar-refractivity contribution is -0.143. The lowest BCUT2D eigenvalue weighted by atomic mass is 9.94. The molecule has 0 spiro atoms. The zero-order valence-electron chi connectivity index (χ0n) is 31.7. The molecular weight excluding hydrogens is 741 g/mol. The number of aromatic nitrogens is 6. The Labute approximate surface area is 327 Å². The summed E-state index contributed by atoms with van der Waals surface area (Å²) in [6, 6.07) is 26.4. The highest BCUT2D eigenvalue weighted by Crippen LogP contribution is 2.32. The van der Waals surface area contributed by atoms with Crippen molar-refractivity contribution >= 4 is 17.5 Å². The van der Waals surface area contributed by atoms with Crippen LogP contribution >= 0.6 is 0 Å². The lowest BCUT2D eigenvalue weighted by Crippen LogP contribution is -2.15. The van der Waals surface area contributed by atoms with Crippen LogP contribution < -0.4 is 4.74 Å². The minimum absolute atomic E-state index is 0.182. The summed E-state index contributed by atoms with van der Waals surface area (Å²) in [4.78, 5) is 23.9. The quantitative estimate of drug-likeness (QED) is 0.0916. The summed E-state index contributed by atoms with van der Waals surface area (Å²) >= 11 is 0. The monoisotopic (exact) mass is 782 g/mol. The van der Waals surface area contributed by atoms with E-state index in [1.54, 1.807) is 79.1 Å². The van der Waals surface area contributed by atoms with Crippen molar-refractivity contribution in [3.05, 3.63) is 150 Å². The number of esters is 2. The smallest absolute Gasteiger partial charge is 0.416 e. The van der Waals surface area contributed by atoms with E-state index in [0.29, 0.717) is 35.1 Å². The highest BCUT2D eigenvalue weighted by atomic mass is 19.4. The number of aromatic hydroxyl groups is 1. The molecule has 1 unspecified atom stereocenters. The number of carbonyl (C=O) groups is 2. The number of hydrogen-bond donors (Lipinski definition) is 1. The van der Waals surface area contributed by atoms with Gasteiger partial charge in [0.1, 0.15) is 36.6 Å². The number of carbonyl (C=O) groups excluding carboxylic acids is 2. The second-order valence-electron chi connectivity index (χ2n) is 12.6. The molecule has 0 fully saturated rings. The molecule has 1 N–H and O–H groups in total. The van der Waals surface area contributed by atoms with Gasteiger partial charge in [0.2, 0.25) is 0 Å². The van der Waals surface area contributed by atoms with Crippen LogP contribution in [0.3, 0.4) is 0 Å². The van der Waals surface area contributed by atoms with Crippen LogP contribution in [0.1, 0.15) is 60.1 Å². The maximum absolute atomic E-state index is 12.8. The number of nitrogens with zero attached hydrogens (tertiary/aromatic N) is 6. The number of hydrogen-bond acceptors (Lipinski definition) is 10. The Morgan fingerprint density at radius 1 is 0.807 bits per heavy atom. The van der Waals surface area contributed by atoms with Crippen LogP contribution in [0.25, 0.3) is 16.7 Å². The van der Waals surface area contributed by atoms with Crippen LogP contribution in [-0.4, -0.2) is 59.8 Å². The van der Waals surface area contributed by atoms with Gasteiger partial charge in [-0.1, -0.05) is 54.6 Å². The fourth-order valence-corrected chi connectivity index (χ4v) is 5.75. The largest absolute Gasteiger partial charge is 0.508 e. The zero-order chi connectivity index (χ0) is 41.0. The molecule has 6 rings (SSSR count). The molecule has 296 valence electrons. The first kappa shape index (κ1) is 41.4. The number of phenols is 1. The highest BCUT2D eigenvalue weighted by molar-refractivity contribution is 5.95. The molecule has 2 heterocycles. The first-order chi connectivity index (χ1) is 27.4. The van der Waals surface area contributed by atoms with Crippen molar-refractivity contribution in [2.75, 3.05) is 13.2 Å². The van der Waals surface area contributed by atoms with Gasteiger partial charge in [0.05, 0.1) is 31.1 Å². The van der Waals surface area contributed by atoms with Crippen LogP contribution in [0.4, 0.5) is 13.2 Å². The third kappa shape index (κ3) is 11.4. The molecule has 0 aliphatic carbocycles. The summed E-state index contributed by atoms with van der Waals surface area (Å²) in [6.07, 6.45) is 0.340. The average Bonchev–Trinajstić information content (AvgIpc) is 3.83. The number of benzene rings is 4. The van der Waals surface area contributed by atoms with Crippen molar-refractivity contribution < 1.29 is 42.1 Å². The molecule has 15 heteroatoms. The Balaban J connectivity index is 0.000000261. The maximum atomic E-state index is 12.8. The number of halogens is 3. The van der Waals surface area contributed by atoms with Gasteiger partial charge >= 0.3 is 18.1 Å².